The highest BCUT2D eigenvalue weighted by Gasteiger charge is 2.32. The molecule has 2 aliphatic heterocycles. The lowest BCUT2D eigenvalue weighted by Crippen LogP contribution is -2.49. The van der Waals surface area contributed by atoms with Gasteiger partial charge in [-0.1, -0.05) is 23.7 Å². The Labute approximate surface area is 243 Å². The smallest absolute Gasteiger partial charge is 0.245 e. The number of carbonyl (C=O) groups excluding carboxylic acids is 3. The summed E-state index contributed by atoms with van der Waals surface area (Å²) in [6.07, 6.45) is 3.93. The van der Waals surface area contributed by atoms with Crippen molar-refractivity contribution in [3.63, 3.8) is 0 Å². The van der Waals surface area contributed by atoms with E-state index in [1.807, 2.05) is 25.1 Å². The Morgan fingerprint density at radius 2 is 1.83 bits per heavy atom. The fraction of sp³-hybridized carbons (Fsp3) is 0.355. The highest BCUT2D eigenvalue weighted by Crippen LogP contribution is 2.26. The molecule has 1 atom stereocenters. The normalized spacial score (nSPS) is 18.1. The Morgan fingerprint density at radius 1 is 1.07 bits per heavy atom. The summed E-state index contributed by atoms with van der Waals surface area (Å²) in [5.74, 6) is -0.0118. The number of halogens is 1. The number of carbonyl (C=O) groups is 3. The van der Waals surface area contributed by atoms with Gasteiger partial charge in [0, 0.05) is 36.3 Å². The molecule has 2 N–H and O–H groups in total. The topological polar surface area (TPSA) is 119 Å². The Kier molecular flexibility index (Phi) is 8.60. The number of fused-ring (bicyclic) bond motifs is 1. The SMILES string of the molecule is Cc1cc2cc(N/C(N[C@H]3CCCCN(CC(=O)N4CCCC4)C3=O)=C(\C#N)C(=O)c3ccccc3Cl)ccc2o1. The van der Waals surface area contributed by atoms with Crippen molar-refractivity contribution >= 4 is 45.9 Å². The van der Waals surface area contributed by atoms with Gasteiger partial charge in [0.15, 0.2) is 0 Å². The van der Waals surface area contributed by atoms with E-state index in [0.29, 0.717) is 24.2 Å². The fourth-order valence-corrected chi connectivity index (χ4v) is 5.59. The molecule has 2 amide bonds. The third-order valence-corrected chi connectivity index (χ3v) is 7.83. The predicted octanol–water partition coefficient (Wildman–Crippen LogP) is 5.02. The Hall–Kier alpha value is -4.29. The van der Waals surface area contributed by atoms with Crippen LogP contribution in [0.4, 0.5) is 5.69 Å². The number of anilines is 1. The van der Waals surface area contributed by atoms with Gasteiger partial charge in [-0.25, -0.2) is 0 Å². The summed E-state index contributed by atoms with van der Waals surface area (Å²) >= 11 is 6.31. The largest absolute Gasteiger partial charge is 0.461 e. The maximum Gasteiger partial charge on any atom is 0.245 e. The minimum Gasteiger partial charge on any atom is -0.461 e. The van der Waals surface area contributed by atoms with Crippen LogP contribution in [0.3, 0.4) is 0 Å². The second-order valence-corrected chi connectivity index (χ2v) is 10.9. The fourth-order valence-electron chi connectivity index (χ4n) is 5.37. The number of allylic oxidation sites excluding steroid dienone is 1. The zero-order valence-electron chi connectivity index (χ0n) is 22.9. The molecule has 3 heterocycles. The van der Waals surface area contributed by atoms with Crippen LogP contribution in [0.2, 0.25) is 5.02 Å². The predicted molar refractivity (Wildman–Crippen MR) is 156 cm³/mol. The van der Waals surface area contributed by atoms with Crippen LogP contribution in [0.5, 0.6) is 0 Å². The van der Waals surface area contributed by atoms with E-state index in [1.54, 1.807) is 46.2 Å². The number of aryl methyl sites for hydroxylation is 1. The van der Waals surface area contributed by atoms with Gasteiger partial charge in [-0.3, -0.25) is 14.4 Å². The lowest BCUT2D eigenvalue weighted by Gasteiger charge is -2.28. The lowest BCUT2D eigenvalue weighted by atomic mass is 10.0. The first kappa shape index (κ1) is 28.2. The number of rotatable bonds is 8. The first-order valence-electron chi connectivity index (χ1n) is 13.9. The number of nitrogens with one attached hydrogen (secondary N) is 2. The molecule has 0 bridgehead atoms. The summed E-state index contributed by atoms with van der Waals surface area (Å²) < 4.78 is 5.68. The molecule has 2 saturated heterocycles. The van der Waals surface area contributed by atoms with Crippen molar-refractivity contribution in [2.75, 3.05) is 31.5 Å². The Bertz CT molecular complexity index is 1550. The number of likely N-dealkylation sites (tertiary alicyclic amines) is 2. The third kappa shape index (κ3) is 6.39. The van der Waals surface area contributed by atoms with Crippen molar-refractivity contribution in [2.45, 2.75) is 45.1 Å². The van der Waals surface area contributed by atoms with Gasteiger partial charge in [0.05, 0.1) is 11.6 Å². The number of hydrogen-bond acceptors (Lipinski definition) is 7. The molecule has 0 spiro atoms. The van der Waals surface area contributed by atoms with Gasteiger partial charge in [-0.15, -0.1) is 0 Å². The van der Waals surface area contributed by atoms with Crippen molar-refractivity contribution in [1.82, 2.24) is 15.1 Å². The number of nitriles is 1. The number of ketones is 1. The second kappa shape index (κ2) is 12.5. The second-order valence-electron chi connectivity index (χ2n) is 10.4. The molecule has 9 nitrogen and oxygen atoms in total. The van der Waals surface area contributed by atoms with Crippen molar-refractivity contribution < 1.29 is 18.8 Å². The van der Waals surface area contributed by atoms with Crippen LogP contribution < -0.4 is 10.6 Å². The summed E-state index contributed by atoms with van der Waals surface area (Å²) in [6.45, 7) is 3.78. The standard InChI is InChI=1S/C31H32ClN5O4/c1-20-16-21-17-22(11-12-27(21)41-20)34-30(24(18-33)29(39)23-8-2-3-9-25(23)32)35-26-10-4-5-15-37(31(26)40)19-28(38)36-13-6-7-14-36/h2-3,8-9,11-12,16-17,26,34-35H,4-7,10,13-15,19H2,1H3/b30-24-/t26-/m0/s1. The van der Waals surface area contributed by atoms with E-state index >= 15 is 0 Å². The monoisotopic (exact) mass is 573 g/mol. The quantitative estimate of drug-likeness (QED) is 0.221. The number of hydrogen-bond donors (Lipinski definition) is 2. The van der Waals surface area contributed by atoms with E-state index in [2.05, 4.69) is 10.6 Å². The molecule has 2 aliphatic rings. The number of nitrogens with zero attached hydrogens (tertiary/aromatic N) is 3. The number of furan rings is 1. The molecule has 1 aromatic heterocycles. The highest BCUT2D eigenvalue weighted by molar-refractivity contribution is 6.35. The van der Waals surface area contributed by atoms with Crippen molar-refractivity contribution in [2.24, 2.45) is 0 Å². The molecule has 0 unspecified atom stereocenters. The van der Waals surface area contributed by atoms with Crippen LogP contribution in [0.1, 0.15) is 48.2 Å². The van der Waals surface area contributed by atoms with E-state index in [9.17, 15) is 19.6 Å². The van der Waals surface area contributed by atoms with Gasteiger partial charge < -0.3 is 24.9 Å². The number of benzene rings is 2. The molecule has 5 rings (SSSR count). The first-order chi connectivity index (χ1) is 19.8. The number of amides is 2. The Morgan fingerprint density at radius 3 is 2.59 bits per heavy atom. The highest BCUT2D eigenvalue weighted by atomic mass is 35.5. The Balaban J connectivity index is 1.47. The van der Waals surface area contributed by atoms with Gasteiger partial charge in [0.1, 0.15) is 34.8 Å². The molecule has 0 radical (unpaired) electrons. The van der Waals surface area contributed by atoms with E-state index in [0.717, 1.165) is 49.9 Å². The van der Waals surface area contributed by atoms with E-state index in [-0.39, 0.29) is 40.3 Å². The van der Waals surface area contributed by atoms with E-state index in [1.165, 1.54) is 0 Å². The van der Waals surface area contributed by atoms with Gasteiger partial charge in [-0.2, -0.15) is 5.26 Å². The van der Waals surface area contributed by atoms with Gasteiger partial charge in [0.25, 0.3) is 0 Å². The van der Waals surface area contributed by atoms with Gasteiger partial charge in [-0.05, 0) is 75.4 Å². The average molecular weight is 574 g/mol. The molecule has 212 valence electrons. The molecule has 0 saturated carbocycles. The average Bonchev–Trinajstić information content (AvgIpc) is 3.59. The minimum absolute atomic E-state index is 0.0175. The molecular weight excluding hydrogens is 542 g/mol. The zero-order chi connectivity index (χ0) is 28.9. The lowest BCUT2D eigenvalue weighted by molar-refractivity contribution is -0.140. The van der Waals surface area contributed by atoms with E-state index in [4.69, 9.17) is 16.0 Å². The first-order valence-corrected chi connectivity index (χ1v) is 14.3. The summed E-state index contributed by atoms with van der Waals surface area (Å²) in [5.41, 5.74) is 1.27. The van der Waals surface area contributed by atoms with Gasteiger partial charge in [0.2, 0.25) is 17.6 Å². The van der Waals surface area contributed by atoms with E-state index < -0.39 is 11.8 Å². The molecule has 41 heavy (non-hydrogen) atoms. The molecular formula is C31H32ClN5O4. The van der Waals surface area contributed by atoms with Crippen LogP contribution in [0.25, 0.3) is 11.0 Å². The number of Topliss-reactive ketones (excluding diaryl/α,β-unsaturated/α-hetero) is 1. The molecule has 3 aromatic rings. The molecule has 10 heteroatoms. The maximum atomic E-state index is 13.7. The van der Waals surface area contributed by atoms with Gasteiger partial charge >= 0.3 is 0 Å². The summed E-state index contributed by atoms with van der Waals surface area (Å²) in [4.78, 5) is 43.6. The van der Waals surface area contributed by atoms with Crippen LogP contribution in [-0.2, 0) is 9.59 Å². The minimum atomic E-state index is -0.742. The third-order valence-electron chi connectivity index (χ3n) is 7.50. The summed E-state index contributed by atoms with van der Waals surface area (Å²) in [6, 6.07) is 15.1. The molecule has 2 fully saturated rings. The maximum absolute atomic E-state index is 13.7. The summed E-state index contributed by atoms with van der Waals surface area (Å²) in [5, 5.41) is 17.6. The zero-order valence-corrected chi connectivity index (χ0v) is 23.7. The van der Waals surface area contributed by atoms with Crippen LogP contribution in [0.15, 0.2) is 64.3 Å². The van der Waals surface area contributed by atoms with Crippen molar-refractivity contribution in [1.29, 1.82) is 5.26 Å². The van der Waals surface area contributed by atoms with Crippen molar-refractivity contribution in [3.05, 3.63) is 76.3 Å². The van der Waals surface area contributed by atoms with Crippen LogP contribution >= 0.6 is 11.6 Å². The van der Waals surface area contributed by atoms with Crippen LogP contribution in [0, 0.1) is 18.3 Å². The molecule has 2 aromatic carbocycles. The summed E-state index contributed by atoms with van der Waals surface area (Å²) in [7, 11) is 0. The van der Waals surface area contributed by atoms with Crippen molar-refractivity contribution in [3.8, 4) is 6.07 Å². The van der Waals surface area contributed by atoms with Crippen LogP contribution in [-0.4, -0.2) is 59.6 Å². The molecule has 0 aliphatic carbocycles.